The molecule has 0 saturated heterocycles. The minimum atomic E-state index is 0.630. The lowest BCUT2D eigenvalue weighted by molar-refractivity contribution is 0.998. The molecule has 2 aromatic rings. The van der Waals surface area contributed by atoms with Crippen LogP contribution in [-0.2, 0) is 0 Å². The average molecular weight is 454 g/mol. The first kappa shape index (κ1) is 30.2. The summed E-state index contributed by atoms with van der Waals surface area (Å²) < 4.78 is 0. The van der Waals surface area contributed by atoms with E-state index in [1.807, 2.05) is 78.0 Å². The molecule has 0 N–H and O–H groups in total. The Kier molecular flexibility index (Phi) is 15.7. The van der Waals surface area contributed by atoms with Gasteiger partial charge in [-0.1, -0.05) is 119 Å². The second kappa shape index (κ2) is 17.7. The fraction of sp³-hybridized carbons (Fsp3) is 0.194. The molecule has 0 spiro atoms. The molecule has 1 aromatic heterocycles. The number of benzene rings is 1. The maximum absolute atomic E-state index is 4.68. The third kappa shape index (κ3) is 9.33. The van der Waals surface area contributed by atoms with Gasteiger partial charge in [-0.05, 0) is 44.4 Å². The molecule has 0 atom stereocenters. The third-order valence-corrected chi connectivity index (χ3v) is 4.58. The van der Waals surface area contributed by atoms with Crippen LogP contribution >= 0.6 is 0 Å². The van der Waals surface area contributed by atoms with E-state index in [9.17, 15) is 0 Å². The first-order valence-corrected chi connectivity index (χ1v) is 11.5. The van der Waals surface area contributed by atoms with Crippen LogP contribution in [0.3, 0.4) is 0 Å². The third-order valence-electron chi connectivity index (χ3n) is 4.58. The summed E-state index contributed by atoms with van der Waals surface area (Å²) in [4.78, 5) is 14.0. The number of hydrogen-bond acceptors (Lipinski definition) is 3. The summed E-state index contributed by atoms with van der Waals surface area (Å²) in [5.74, 6) is 1.96. The lowest BCUT2D eigenvalue weighted by atomic mass is 10.0. The summed E-state index contributed by atoms with van der Waals surface area (Å²) in [6.45, 7) is 26.3. The number of rotatable bonds is 8. The van der Waals surface area contributed by atoms with Gasteiger partial charge in [0.25, 0.3) is 0 Å². The topological polar surface area (TPSA) is 38.7 Å². The summed E-state index contributed by atoms with van der Waals surface area (Å²) in [7, 11) is 0. The lowest BCUT2D eigenvalue weighted by Gasteiger charge is -2.09. The lowest BCUT2D eigenvalue weighted by Crippen LogP contribution is -2.03. The van der Waals surface area contributed by atoms with Crippen LogP contribution in [0.5, 0.6) is 0 Å². The van der Waals surface area contributed by atoms with Crippen LogP contribution in [0.4, 0.5) is 0 Å². The Labute approximate surface area is 207 Å². The summed E-state index contributed by atoms with van der Waals surface area (Å²) in [5.41, 5.74) is 5.10. The highest BCUT2D eigenvalue weighted by Crippen LogP contribution is 2.24. The fourth-order valence-electron chi connectivity index (χ4n) is 2.62. The highest BCUT2D eigenvalue weighted by molar-refractivity contribution is 5.76. The zero-order chi connectivity index (χ0) is 25.9. The molecule has 0 saturated carbocycles. The summed E-state index contributed by atoms with van der Waals surface area (Å²) >= 11 is 0. The number of aromatic nitrogens is 3. The maximum Gasteiger partial charge on any atom is 0.164 e. The van der Waals surface area contributed by atoms with Crippen molar-refractivity contribution in [2.45, 2.75) is 41.5 Å². The first-order chi connectivity index (χ1) is 16.5. The van der Waals surface area contributed by atoms with Gasteiger partial charge >= 0.3 is 0 Å². The molecule has 2 rings (SSSR count). The van der Waals surface area contributed by atoms with E-state index in [1.54, 1.807) is 24.3 Å². The van der Waals surface area contributed by atoms with Crippen LogP contribution in [0.25, 0.3) is 28.1 Å². The molecule has 0 bridgehead atoms. The van der Waals surface area contributed by atoms with Crippen LogP contribution in [0.15, 0.2) is 105 Å². The molecule has 178 valence electrons. The molecule has 34 heavy (non-hydrogen) atoms. The van der Waals surface area contributed by atoms with E-state index in [4.69, 9.17) is 0 Å². The van der Waals surface area contributed by atoms with Gasteiger partial charge in [-0.25, -0.2) is 15.0 Å². The van der Waals surface area contributed by atoms with E-state index in [1.165, 1.54) is 0 Å². The Balaban J connectivity index is 0.00000164. The minimum absolute atomic E-state index is 0.630. The van der Waals surface area contributed by atoms with Crippen molar-refractivity contribution < 1.29 is 0 Å². The molecule has 1 aromatic carbocycles. The van der Waals surface area contributed by atoms with Crippen molar-refractivity contribution >= 4 is 16.7 Å². The summed E-state index contributed by atoms with van der Waals surface area (Å²) in [5, 5.41) is 0. The zero-order valence-electron chi connectivity index (χ0n) is 21.7. The van der Waals surface area contributed by atoms with E-state index < -0.39 is 0 Å². The number of hydrogen-bond donors (Lipinski definition) is 0. The highest BCUT2D eigenvalue weighted by Gasteiger charge is 2.11. The number of allylic oxidation sites excluding steroid dienone is 12. The van der Waals surface area contributed by atoms with Crippen molar-refractivity contribution in [3.05, 3.63) is 122 Å². The van der Waals surface area contributed by atoms with Gasteiger partial charge in [0.05, 0.1) is 0 Å². The van der Waals surface area contributed by atoms with Crippen molar-refractivity contribution in [1.82, 2.24) is 15.0 Å². The van der Waals surface area contributed by atoms with E-state index in [2.05, 4.69) is 59.5 Å². The van der Waals surface area contributed by atoms with Crippen LogP contribution in [0.2, 0.25) is 0 Å². The summed E-state index contributed by atoms with van der Waals surface area (Å²) in [6.07, 6.45) is 16.8. The second-order valence-corrected chi connectivity index (χ2v) is 6.61. The van der Waals surface area contributed by atoms with Crippen molar-refractivity contribution in [2.24, 2.45) is 0 Å². The van der Waals surface area contributed by atoms with Crippen molar-refractivity contribution in [3.63, 3.8) is 0 Å². The fourth-order valence-corrected chi connectivity index (χ4v) is 2.62. The van der Waals surface area contributed by atoms with Crippen molar-refractivity contribution in [3.8, 4) is 11.4 Å². The minimum Gasteiger partial charge on any atom is -0.209 e. The maximum atomic E-state index is 4.68. The first-order valence-electron chi connectivity index (χ1n) is 11.5. The van der Waals surface area contributed by atoms with Crippen molar-refractivity contribution in [2.75, 3.05) is 0 Å². The van der Waals surface area contributed by atoms with Gasteiger partial charge in [-0.3, -0.25) is 0 Å². The molecule has 0 aliphatic heterocycles. The van der Waals surface area contributed by atoms with Crippen molar-refractivity contribution in [1.29, 1.82) is 0 Å². The molecule has 0 aliphatic rings. The standard InChI is InChI=1S/C25H27N3.C4H6.C2H6/c1-7-12-13-20(11-5)21-14-16-22(17-15-21)25-27-23(18(6)8-2)26-24(28-25)19(9-3)10-4;1-3-4-2;1-2/h7-17H,1,3H2,2,4-6H3;3-4H,1-2H2;1-2H3/b13-12-,18-8+,19-10+,20-11+;;. The molecule has 0 amide bonds. The van der Waals surface area contributed by atoms with Crippen LogP contribution < -0.4 is 0 Å². The molecule has 0 unspecified atom stereocenters. The second-order valence-electron chi connectivity index (χ2n) is 6.61. The van der Waals surface area contributed by atoms with E-state index in [0.29, 0.717) is 17.5 Å². The zero-order valence-corrected chi connectivity index (χ0v) is 21.7. The average Bonchev–Trinajstić information content (AvgIpc) is 2.90. The SMILES string of the molecule is C=C/C=C\C(=C/C)c1ccc(-c2nc(/C(C)=C/C)nc(/C(C=C)=C/C)n2)cc1.C=CC=C.CC. The summed E-state index contributed by atoms with van der Waals surface area (Å²) in [6, 6.07) is 8.23. The van der Waals surface area contributed by atoms with Gasteiger partial charge in [-0.2, -0.15) is 0 Å². The Bertz CT molecular complexity index is 1060. The van der Waals surface area contributed by atoms with E-state index in [-0.39, 0.29) is 0 Å². The van der Waals surface area contributed by atoms with Gasteiger partial charge in [0, 0.05) is 11.1 Å². The highest BCUT2D eigenvalue weighted by atomic mass is 15.0. The predicted molar refractivity (Wildman–Crippen MR) is 153 cm³/mol. The molecule has 0 fully saturated rings. The van der Waals surface area contributed by atoms with Crippen LogP contribution in [0, 0.1) is 0 Å². The van der Waals surface area contributed by atoms with Gasteiger partial charge in [0.2, 0.25) is 0 Å². The van der Waals surface area contributed by atoms with Gasteiger partial charge in [0.15, 0.2) is 17.5 Å². The predicted octanol–water partition coefficient (Wildman–Crippen LogP) is 9.08. The Morgan fingerprint density at radius 1 is 0.706 bits per heavy atom. The van der Waals surface area contributed by atoms with Gasteiger partial charge < -0.3 is 0 Å². The Morgan fingerprint density at radius 2 is 1.26 bits per heavy atom. The molecule has 3 heteroatoms. The van der Waals surface area contributed by atoms with Gasteiger partial charge in [-0.15, -0.1) is 0 Å². The molecule has 3 nitrogen and oxygen atoms in total. The molecular weight excluding hydrogens is 414 g/mol. The molecule has 1 heterocycles. The molecule has 0 radical (unpaired) electrons. The Hall–Kier alpha value is -3.85. The largest absolute Gasteiger partial charge is 0.209 e. The van der Waals surface area contributed by atoms with Crippen LogP contribution in [-0.4, -0.2) is 15.0 Å². The smallest absolute Gasteiger partial charge is 0.164 e. The molecular formula is C31H39N3. The normalized spacial score (nSPS) is 11.5. The van der Waals surface area contributed by atoms with Gasteiger partial charge in [0.1, 0.15) is 0 Å². The van der Waals surface area contributed by atoms with E-state index in [0.717, 1.165) is 27.8 Å². The molecule has 0 aliphatic carbocycles. The van der Waals surface area contributed by atoms with E-state index >= 15 is 0 Å². The van der Waals surface area contributed by atoms with Crippen LogP contribution in [0.1, 0.15) is 58.8 Å². The Morgan fingerprint density at radius 3 is 1.71 bits per heavy atom. The quantitative estimate of drug-likeness (QED) is 0.374. The monoisotopic (exact) mass is 453 g/mol. The number of nitrogens with zero attached hydrogens (tertiary/aromatic N) is 3.